The second-order valence-electron chi connectivity index (χ2n) is 9.32. The Morgan fingerprint density at radius 1 is 0.930 bits per heavy atom. The number of fused-ring (bicyclic) bond motifs is 1. The molecule has 0 aliphatic rings. The predicted octanol–water partition coefficient (Wildman–Crippen LogP) is 5.79. The lowest BCUT2D eigenvalue weighted by Crippen LogP contribution is -2.23. The molecule has 0 atom stereocenters. The molecule has 6 rings (SSSR count). The summed E-state index contributed by atoms with van der Waals surface area (Å²) in [6.45, 7) is 2.42. The van der Waals surface area contributed by atoms with Crippen molar-refractivity contribution in [1.29, 1.82) is 0 Å². The van der Waals surface area contributed by atoms with E-state index in [0.717, 1.165) is 22.4 Å². The van der Waals surface area contributed by atoms with Gasteiger partial charge in [-0.05, 0) is 67.1 Å². The maximum Gasteiger partial charge on any atom is 0.291 e. The monoisotopic (exact) mass is 611 g/mol. The van der Waals surface area contributed by atoms with Crippen LogP contribution in [0.25, 0.3) is 40.1 Å². The molecule has 3 aromatic heterocycles. The SMILES string of the molecule is CCOc1ccc(-c2nn(-c3ccccc3)cc2/C=c2\sc3nc(/C=C/c4ccc(OC)c(OC)c4)nn3c2=O)cc1Cl. The summed E-state index contributed by atoms with van der Waals surface area (Å²) in [4.78, 5) is 18.4. The Labute approximate surface area is 255 Å². The van der Waals surface area contributed by atoms with Crippen LogP contribution < -0.4 is 24.3 Å². The van der Waals surface area contributed by atoms with Gasteiger partial charge in [-0.3, -0.25) is 4.79 Å². The van der Waals surface area contributed by atoms with Gasteiger partial charge in [-0.25, -0.2) is 4.68 Å². The summed E-state index contributed by atoms with van der Waals surface area (Å²) in [6, 6.07) is 20.9. The number of halogens is 1. The Hall–Kier alpha value is -4.93. The Bertz CT molecular complexity index is 2070. The first-order valence-corrected chi connectivity index (χ1v) is 14.6. The molecule has 0 unspecified atom stereocenters. The minimum atomic E-state index is -0.263. The molecule has 0 saturated carbocycles. The minimum absolute atomic E-state index is 0.263. The van der Waals surface area contributed by atoms with E-state index in [1.807, 2.05) is 92.0 Å². The van der Waals surface area contributed by atoms with Crippen molar-refractivity contribution in [2.45, 2.75) is 6.92 Å². The molecule has 0 saturated heterocycles. The van der Waals surface area contributed by atoms with Gasteiger partial charge in [0.1, 0.15) is 11.4 Å². The number of hydrogen-bond donors (Lipinski definition) is 0. The van der Waals surface area contributed by atoms with Gasteiger partial charge in [0, 0.05) is 17.3 Å². The molecule has 6 aromatic rings. The van der Waals surface area contributed by atoms with Crippen LogP contribution in [-0.2, 0) is 0 Å². The van der Waals surface area contributed by atoms with Crippen LogP contribution in [0, 0.1) is 0 Å². The summed E-state index contributed by atoms with van der Waals surface area (Å²) in [7, 11) is 3.18. The molecule has 0 fully saturated rings. The number of aromatic nitrogens is 5. The fraction of sp³-hybridized carbons (Fsp3) is 0.125. The lowest BCUT2D eigenvalue weighted by atomic mass is 10.1. The van der Waals surface area contributed by atoms with E-state index >= 15 is 0 Å². The number of methoxy groups -OCH3 is 2. The third kappa shape index (κ3) is 5.75. The largest absolute Gasteiger partial charge is 0.493 e. The maximum absolute atomic E-state index is 13.4. The van der Waals surface area contributed by atoms with Crippen molar-refractivity contribution in [2.24, 2.45) is 0 Å². The molecular weight excluding hydrogens is 586 g/mol. The number of hydrogen-bond acceptors (Lipinski definition) is 8. The second kappa shape index (κ2) is 12.1. The summed E-state index contributed by atoms with van der Waals surface area (Å²) in [5, 5.41) is 9.76. The van der Waals surface area contributed by atoms with Gasteiger partial charge in [-0.1, -0.05) is 53.3 Å². The lowest BCUT2D eigenvalue weighted by molar-refractivity contribution is 0.340. The van der Waals surface area contributed by atoms with Crippen molar-refractivity contribution in [3.05, 3.63) is 110 Å². The van der Waals surface area contributed by atoms with Gasteiger partial charge in [0.15, 0.2) is 17.3 Å². The van der Waals surface area contributed by atoms with Crippen molar-refractivity contribution < 1.29 is 14.2 Å². The first-order chi connectivity index (χ1) is 21.0. The molecule has 9 nitrogen and oxygen atoms in total. The van der Waals surface area contributed by atoms with Crippen LogP contribution in [0.1, 0.15) is 23.9 Å². The molecule has 0 amide bonds. The zero-order chi connectivity index (χ0) is 29.9. The lowest BCUT2D eigenvalue weighted by Gasteiger charge is -2.07. The van der Waals surface area contributed by atoms with Gasteiger partial charge in [0.25, 0.3) is 5.56 Å². The van der Waals surface area contributed by atoms with Gasteiger partial charge in [-0.15, -0.1) is 5.10 Å². The van der Waals surface area contributed by atoms with Crippen molar-refractivity contribution in [2.75, 3.05) is 20.8 Å². The number of thiazole rings is 1. The summed E-state index contributed by atoms with van der Waals surface area (Å²) in [5.74, 6) is 2.28. The number of benzene rings is 3. The van der Waals surface area contributed by atoms with Crippen LogP contribution in [0.2, 0.25) is 5.02 Å². The van der Waals surface area contributed by atoms with E-state index in [4.69, 9.17) is 30.9 Å². The maximum atomic E-state index is 13.4. The molecule has 216 valence electrons. The second-order valence-corrected chi connectivity index (χ2v) is 10.7. The zero-order valence-corrected chi connectivity index (χ0v) is 25.1. The van der Waals surface area contributed by atoms with Gasteiger partial charge in [0.2, 0.25) is 4.96 Å². The van der Waals surface area contributed by atoms with E-state index in [2.05, 4.69) is 10.1 Å². The minimum Gasteiger partial charge on any atom is -0.493 e. The van der Waals surface area contributed by atoms with Gasteiger partial charge < -0.3 is 14.2 Å². The van der Waals surface area contributed by atoms with E-state index in [1.54, 1.807) is 25.0 Å². The molecule has 3 aromatic carbocycles. The van der Waals surface area contributed by atoms with Crippen LogP contribution in [0.5, 0.6) is 17.2 Å². The summed E-state index contributed by atoms with van der Waals surface area (Å²) in [6.07, 6.45) is 7.31. The zero-order valence-electron chi connectivity index (χ0n) is 23.5. The highest BCUT2D eigenvalue weighted by Crippen LogP contribution is 2.32. The molecule has 3 heterocycles. The van der Waals surface area contributed by atoms with Gasteiger partial charge in [0.05, 0.1) is 36.1 Å². The summed E-state index contributed by atoms with van der Waals surface area (Å²) >= 11 is 7.77. The normalized spacial score (nSPS) is 12.0. The number of rotatable bonds is 9. The molecular formula is C32H26ClN5O4S. The van der Waals surface area contributed by atoms with Crippen molar-refractivity contribution in [3.63, 3.8) is 0 Å². The molecule has 0 N–H and O–H groups in total. The molecule has 11 heteroatoms. The summed E-state index contributed by atoms with van der Waals surface area (Å²) < 4.78 is 19.9. The van der Waals surface area contributed by atoms with Crippen molar-refractivity contribution in [1.82, 2.24) is 24.4 Å². The Balaban J connectivity index is 1.37. The highest BCUT2D eigenvalue weighted by atomic mass is 35.5. The first kappa shape index (κ1) is 28.2. The van der Waals surface area contributed by atoms with Crippen LogP contribution in [-0.4, -0.2) is 45.2 Å². The van der Waals surface area contributed by atoms with Crippen molar-refractivity contribution >= 4 is 46.1 Å². The highest BCUT2D eigenvalue weighted by Gasteiger charge is 2.15. The smallest absolute Gasteiger partial charge is 0.291 e. The third-order valence-electron chi connectivity index (χ3n) is 6.59. The van der Waals surface area contributed by atoms with Crippen LogP contribution in [0.3, 0.4) is 0 Å². The predicted molar refractivity (Wildman–Crippen MR) is 170 cm³/mol. The standard InChI is InChI=1S/C32H26ClN5O4S/c1-4-42-25-14-12-21(17-24(25)33)30-22(19-37(36-30)23-8-6-5-7-9-23)18-28-31(39)38-32(43-28)34-29(35-38)15-11-20-10-13-26(40-2)27(16-20)41-3/h5-19H,4H2,1-3H3/b15-11+,28-18-. The molecule has 0 aliphatic heterocycles. The molecule has 0 aliphatic carbocycles. The van der Waals surface area contributed by atoms with E-state index in [-0.39, 0.29) is 5.56 Å². The first-order valence-electron chi connectivity index (χ1n) is 13.4. The van der Waals surface area contributed by atoms with Gasteiger partial charge in [-0.2, -0.15) is 14.6 Å². The van der Waals surface area contributed by atoms with Crippen LogP contribution >= 0.6 is 22.9 Å². The fourth-order valence-electron chi connectivity index (χ4n) is 4.54. The van der Waals surface area contributed by atoms with E-state index in [0.29, 0.717) is 49.9 Å². The number of nitrogens with zero attached hydrogens (tertiary/aromatic N) is 5. The average Bonchev–Trinajstić information content (AvgIpc) is 3.72. The van der Waals surface area contributed by atoms with Gasteiger partial charge >= 0.3 is 0 Å². The molecule has 0 spiro atoms. The molecule has 0 bridgehead atoms. The quantitative estimate of drug-likeness (QED) is 0.204. The van der Waals surface area contributed by atoms with Crippen molar-refractivity contribution in [3.8, 4) is 34.2 Å². The number of ether oxygens (including phenoxy) is 3. The van der Waals surface area contributed by atoms with Crippen LogP contribution in [0.4, 0.5) is 0 Å². The van der Waals surface area contributed by atoms with Crippen LogP contribution in [0.15, 0.2) is 77.7 Å². The van der Waals surface area contributed by atoms with E-state index in [1.165, 1.54) is 15.9 Å². The third-order valence-corrected chi connectivity index (χ3v) is 7.84. The molecule has 43 heavy (non-hydrogen) atoms. The highest BCUT2D eigenvalue weighted by molar-refractivity contribution is 7.15. The summed E-state index contributed by atoms with van der Waals surface area (Å²) in [5.41, 5.74) is 3.72. The van der Waals surface area contributed by atoms with E-state index in [9.17, 15) is 4.79 Å². The molecule has 0 radical (unpaired) electrons. The Morgan fingerprint density at radius 3 is 2.44 bits per heavy atom. The fourth-order valence-corrected chi connectivity index (χ4v) is 5.68. The average molecular weight is 612 g/mol. The number of para-hydroxylation sites is 1. The Kier molecular flexibility index (Phi) is 7.95. The van der Waals surface area contributed by atoms with E-state index < -0.39 is 0 Å². The Morgan fingerprint density at radius 2 is 1.72 bits per heavy atom. The topological polar surface area (TPSA) is 92.8 Å².